The Morgan fingerprint density at radius 2 is 1.40 bits per heavy atom. The van der Waals surface area contributed by atoms with E-state index in [1.54, 1.807) is 0 Å². The topological polar surface area (TPSA) is 247 Å². The average Bonchev–Trinajstić information content (AvgIpc) is 3.00. The van der Waals surface area contributed by atoms with Gasteiger partial charge >= 0.3 is 0 Å². The van der Waals surface area contributed by atoms with Gasteiger partial charge in [-0.25, -0.2) is 0 Å². The highest BCUT2D eigenvalue weighted by molar-refractivity contribution is 5.97. The van der Waals surface area contributed by atoms with Gasteiger partial charge in [-0.15, -0.1) is 0 Å². The van der Waals surface area contributed by atoms with E-state index in [2.05, 4.69) is 0 Å². The number of phenols is 1. The number of hydrogen-bond donors (Lipinski definition) is 8. The Morgan fingerprint density at radius 3 is 2.05 bits per heavy atom. The van der Waals surface area contributed by atoms with Crippen molar-refractivity contribution in [1.29, 1.82) is 0 Å². The van der Waals surface area contributed by atoms with E-state index in [0.717, 1.165) is 0 Å². The number of fused-ring (bicyclic) bond motifs is 2. The second-order valence-corrected chi connectivity index (χ2v) is 10.1. The first kappa shape index (κ1) is 31.1. The summed E-state index contributed by atoms with van der Waals surface area (Å²) in [4.78, 5) is 13.6. The SMILES string of the molecule is COc1cc(O[C@@H]2O[C@H](CO[C@H]3O[C@@H](CO)[C@H](O)[C@@H](O)[C@@H]3O)[C@@H](O)[C@H](O)[C@H]2O)c2c(=O)c3c(O)c(OC)ccc3oc2c1. The van der Waals surface area contributed by atoms with Crippen molar-refractivity contribution in [2.24, 2.45) is 0 Å². The van der Waals surface area contributed by atoms with Crippen LogP contribution in [0.4, 0.5) is 0 Å². The molecule has 0 saturated carbocycles. The summed E-state index contributed by atoms with van der Waals surface area (Å²) in [5.41, 5.74) is -0.698. The van der Waals surface area contributed by atoms with Crippen LogP contribution < -0.4 is 19.6 Å². The second kappa shape index (κ2) is 12.4. The third-order valence-electron chi connectivity index (χ3n) is 7.46. The first-order valence-corrected chi connectivity index (χ1v) is 13.1. The quantitative estimate of drug-likeness (QED) is 0.124. The molecular formula is C27H32O16. The van der Waals surface area contributed by atoms with Crippen LogP contribution in [-0.4, -0.2) is 130 Å². The monoisotopic (exact) mass is 612 g/mol. The van der Waals surface area contributed by atoms with E-state index >= 15 is 0 Å². The van der Waals surface area contributed by atoms with Gasteiger partial charge < -0.3 is 73.7 Å². The van der Waals surface area contributed by atoms with Gasteiger partial charge in [0.25, 0.3) is 0 Å². The van der Waals surface area contributed by atoms with Gasteiger partial charge in [0, 0.05) is 12.1 Å². The zero-order chi connectivity index (χ0) is 31.2. The number of benzene rings is 2. The van der Waals surface area contributed by atoms with Crippen LogP contribution in [0.25, 0.3) is 21.9 Å². The number of methoxy groups -OCH3 is 2. The molecule has 0 spiro atoms. The number of aliphatic hydroxyl groups excluding tert-OH is 7. The highest BCUT2D eigenvalue weighted by Gasteiger charge is 2.48. The zero-order valence-electron chi connectivity index (χ0n) is 22.8. The largest absolute Gasteiger partial charge is 0.504 e. The number of phenolic OH excluding ortho intramolecular Hbond substituents is 1. The molecule has 16 nitrogen and oxygen atoms in total. The van der Waals surface area contributed by atoms with E-state index in [1.807, 2.05) is 0 Å². The van der Waals surface area contributed by atoms with E-state index in [-0.39, 0.29) is 39.2 Å². The molecule has 0 amide bonds. The number of rotatable bonds is 8. The Kier molecular flexibility index (Phi) is 8.96. The molecule has 2 aliphatic rings. The fourth-order valence-corrected chi connectivity index (χ4v) is 5.02. The third kappa shape index (κ3) is 5.58. The molecule has 2 aliphatic heterocycles. The summed E-state index contributed by atoms with van der Waals surface area (Å²) < 4.78 is 38.4. The molecule has 0 radical (unpaired) electrons. The van der Waals surface area contributed by atoms with Gasteiger partial charge in [-0.05, 0) is 12.1 Å². The predicted octanol–water partition coefficient (Wildman–Crippen LogP) is -2.33. The van der Waals surface area contributed by atoms with E-state index in [1.165, 1.54) is 38.5 Å². The standard InChI is InChI=1S/C27H32O16/c1-37-9-5-12-16(21(32)17-10(40-12)3-4-11(38-2)18(17)29)13(6-9)41-27-25(36)23(34)20(31)15(43-27)8-39-26-24(35)22(33)19(30)14(7-28)42-26/h3-6,14-15,19-20,22-31,33-36H,7-8H2,1-2H3/t14-,15+,19-,20+,22+,23-,24-,25+,26-,27+/m0/s1. The van der Waals surface area contributed by atoms with Crippen LogP contribution in [0.5, 0.6) is 23.0 Å². The Labute approximate surface area is 242 Å². The highest BCUT2D eigenvalue weighted by Crippen LogP contribution is 2.38. The molecule has 236 valence electrons. The van der Waals surface area contributed by atoms with Crippen LogP contribution >= 0.6 is 0 Å². The van der Waals surface area contributed by atoms with Crippen molar-refractivity contribution in [2.75, 3.05) is 27.4 Å². The predicted molar refractivity (Wildman–Crippen MR) is 142 cm³/mol. The third-order valence-corrected chi connectivity index (χ3v) is 7.46. The average molecular weight is 613 g/mol. The number of aromatic hydroxyl groups is 1. The number of ether oxygens (including phenoxy) is 6. The zero-order valence-corrected chi connectivity index (χ0v) is 22.8. The lowest BCUT2D eigenvalue weighted by Crippen LogP contribution is -2.62. The molecule has 2 fully saturated rings. The molecule has 0 bridgehead atoms. The number of aliphatic hydroxyl groups is 7. The molecule has 0 aliphatic carbocycles. The van der Waals surface area contributed by atoms with Gasteiger partial charge in [0.1, 0.15) is 82.3 Å². The van der Waals surface area contributed by atoms with E-state index < -0.39 is 85.8 Å². The molecule has 3 aromatic rings. The molecule has 3 heterocycles. The van der Waals surface area contributed by atoms with Gasteiger partial charge in [-0.3, -0.25) is 4.79 Å². The summed E-state index contributed by atoms with van der Waals surface area (Å²) in [6, 6.07) is 5.53. The molecule has 16 heteroatoms. The molecule has 0 unspecified atom stereocenters. The maximum absolute atomic E-state index is 13.6. The normalized spacial score (nSPS) is 33.0. The van der Waals surface area contributed by atoms with Crippen LogP contribution in [0.3, 0.4) is 0 Å². The maximum Gasteiger partial charge on any atom is 0.229 e. The van der Waals surface area contributed by atoms with Gasteiger partial charge in [0.2, 0.25) is 11.7 Å². The van der Waals surface area contributed by atoms with Gasteiger partial charge in [0.15, 0.2) is 17.8 Å². The maximum atomic E-state index is 13.6. The molecule has 8 N–H and O–H groups in total. The van der Waals surface area contributed by atoms with Crippen LogP contribution in [-0.2, 0) is 14.2 Å². The summed E-state index contributed by atoms with van der Waals surface area (Å²) in [6.07, 6.45) is -16.5. The van der Waals surface area contributed by atoms with Crippen molar-refractivity contribution in [3.8, 4) is 23.0 Å². The first-order chi connectivity index (χ1) is 20.5. The Morgan fingerprint density at radius 1 is 0.744 bits per heavy atom. The van der Waals surface area contributed by atoms with Crippen LogP contribution in [0, 0.1) is 0 Å². The number of hydrogen-bond acceptors (Lipinski definition) is 16. The summed E-state index contributed by atoms with van der Waals surface area (Å²) >= 11 is 0. The lowest BCUT2D eigenvalue weighted by Gasteiger charge is -2.42. The van der Waals surface area contributed by atoms with Crippen LogP contribution in [0.1, 0.15) is 0 Å². The van der Waals surface area contributed by atoms with Crippen molar-refractivity contribution in [2.45, 2.75) is 61.4 Å². The minimum absolute atomic E-state index is 0.00944. The van der Waals surface area contributed by atoms with Crippen molar-refractivity contribution in [1.82, 2.24) is 0 Å². The van der Waals surface area contributed by atoms with Crippen molar-refractivity contribution < 1.29 is 73.7 Å². The molecule has 43 heavy (non-hydrogen) atoms. The molecule has 2 saturated heterocycles. The van der Waals surface area contributed by atoms with Gasteiger partial charge in [-0.2, -0.15) is 0 Å². The summed E-state index contributed by atoms with van der Waals surface area (Å²) in [6.45, 7) is -1.29. The smallest absolute Gasteiger partial charge is 0.229 e. The van der Waals surface area contributed by atoms with E-state index in [0.29, 0.717) is 0 Å². The first-order valence-electron chi connectivity index (χ1n) is 13.1. The second-order valence-electron chi connectivity index (χ2n) is 10.1. The van der Waals surface area contributed by atoms with Crippen molar-refractivity contribution >= 4 is 21.9 Å². The Hall–Kier alpha value is -3.29. The minimum Gasteiger partial charge on any atom is -0.504 e. The van der Waals surface area contributed by atoms with E-state index in [4.69, 9.17) is 32.8 Å². The molecule has 2 aromatic carbocycles. The summed E-state index contributed by atoms with van der Waals surface area (Å²) in [7, 11) is 2.65. The Bertz CT molecular complexity index is 1510. The minimum atomic E-state index is -1.85. The summed E-state index contributed by atoms with van der Waals surface area (Å²) in [5, 5.41) is 81.6. The molecule has 1 aromatic heterocycles. The Balaban J connectivity index is 1.45. The van der Waals surface area contributed by atoms with Gasteiger partial charge in [-0.1, -0.05) is 0 Å². The van der Waals surface area contributed by atoms with E-state index in [9.17, 15) is 45.6 Å². The lowest BCUT2D eigenvalue weighted by molar-refractivity contribution is -0.323. The summed E-state index contributed by atoms with van der Waals surface area (Å²) in [5.74, 6) is -0.514. The fraction of sp³-hybridized carbons (Fsp3) is 0.519. The molecule has 5 rings (SSSR count). The van der Waals surface area contributed by atoms with Crippen molar-refractivity contribution in [3.05, 3.63) is 34.5 Å². The van der Waals surface area contributed by atoms with Gasteiger partial charge in [0.05, 0.1) is 27.4 Å². The lowest BCUT2D eigenvalue weighted by atomic mass is 9.98. The van der Waals surface area contributed by atoms with Crippen LogP contribution in [0.2, 0.25) is 0 Å². The fourth-order valence-electron chi connectivity index (χ4n) is 5.02. The molecule has 10 atom stereocenters. The van der Waals surface area contributed by atoms with Crippen molar-refractivity contribution in [3.63, 3.8) is 0 Å². The van der Waals surface area contributed by atoms with Crippen LogP contribution in [0.15, 0.2) is 33.5 Å². The highest BCUT2D eigenvalue weighted by atomic mass is 16.7. The molecular weight excluding hydrogens is 580 g/mol.